The number of hydrogen-bond donors (Lipinski definition) is 1. The molecule has 0 bridgehead atoms. The van der Waals surface area contributed by atoms with Gasteiger partial charge in [0, 0.05) is 31.1 Å². The van der Waals surface area contributed by atoms with Crippen LogP contribution in [0.15, 0.2) is 36.5 Å². The standard InChI is InChI=1S/C16H21N3O/c1-11(2)19-8-7-13(18-19)10-14(17)16-9-12-5-3-4-6-15(12)20-16/h3-8,11,14,16H,9-10,17H2,1-2H3. The monoisotopic (exact) mass is 271 g/mol. The lowest BCUT2D eigenvalue weighted by Gasteiger charge is -2.18. The fourth-order valence-corrected chi connectivity index (χ4v) is 2.59. The Morgan fingerprint density at radius 2 is 2.15 bits per heavy atom. The molecule has 0 saturated heterocycles. The summed E-state index contributed by atoms with van der Waals surface area (Å²) < 4.78 is 7.90. The maximum absolute atomic E-state index is 6.30. The molecule has 1 aliphatic heterocycles. The summed E-state index contributed by atoms with van der Waals surface area (Å²) in [7, 11) is 0. The fourth-order valence-electron chi connectivity index (χ4n) is 2.59. The molecule has 0 fully saturated rings. The first-order chi connectivity index (χ1) is 9.63. The molecule has 20 heavy (non-hydrogen) atoms. The highest BCUT2D eigenvalue weighted by atomic mass is 16.5. The summed E-state index contributed by atoms with van der Waals surface area (Å²) in [5.41, 5.74) is 8.59. The predicted octanol–water partition coefficient (Wildman–Crippen LogP) is 2.34. The van der Waals surface area contributed by atoms with E-state index in [1.807, 2.05) is 35.1 Å². The van der Waals surface area contributed by atoms with Crippen molar-refractivity contribution in [3.63, 3.8) is 0 Å². The molecule has 1 aromatic heterocycles. The van der Waals surface area contributed by atoms with E-state index in [2.05, 4.69) is 25.0 Å². The van der Waals surface area contributed by atoms with Crippen molar-refractivity contribution < 1.29 is 4.74 Å². The third-order valence-electron chi connectivity index (χ3n) is 3.79. The van der Waals surface area contributed by atoms with E-state index in [0.29, 0.717) is 6.04 Å². The highest BCUT2D eigenvalue weighted by Gasteiger charge is 2.28. The van der Waals surface area contributed by atoms with Gasteiger partial charge in [-0.1, -0.05) is 18.2 Å². The quantitative estimate of drug-likeness (QED) is 0.928. The SMILES string of the molecule is CC(C)n1ccc(CC(N)C2Cc3ccccc3O2)n1. The molecule has 0 saturated carbocycles. The van der Waals surface area contributed by atoms with Crippen LogP contribution in [0.3, 0.4) is 0 Å². The number of aromatic nitrogens is 2. The van der Waals surface area contributed by atoms with Crippen LogP contribution in [0.25, 0.3) is 0 Å². The highest BCUT2D eigenvalue weighted by Crippen LogP contribution is 2.29. The van der Waals surface area contributed by atoms with Crippen LogP contribution in [0, 0.1) is 0 Å². The number of para-hydroxylation sites is 1. The second-order valence-electron chi connectivity index (χ2n) is 5.72. The molecule has 2 aromatic rings. The van der Waals surface area contributed by atoms with Crippen molar-refractivity contribution in [2.45, 2.75) is 44.9 Å². The molecule has 4 heteroatoms. The van der Waals surface area contributed by atoms with E-state index in [4.69, 9.17) is 10.5 Å². The minimum atomic E-state index is -0.0297. The van der Waals surface area contributed by atoms with Gasteiger partial charge in [-0.2, -0.15) is 5.10 Å². The minimum Gasteiger partial charge on any atom is -0.488 e. The molecular weight excluding hydrogens is 250 g/mol. The van der Waals surface area contributed by atoms with Gasteiger partial charge in [-0.05, 0) is 31.5 Å². The Labute approximate surface area is 119 Å². The van der Waals surface area contributed by atoms with Crippen LogP contribution in [0.5, 0.6) is 5.75 Å². The molecule has 0 spiro atoms. The second kappa shape index (κ2) is 5.29. The normalized spacial score (nSPS) is 18.9. The van der Waals surface area contributed by atoms with E-state index in [1.165, 1.54) is 5.56 Å². The van der Waals surface area contributed by atoms with Gasteiger partial charge in [0.05, 0.1) is 5.69 Å². The third kappa shape index (κ3) is 2.56. The van der Waals surface area contributed by atoms with Crippen LogP contribution < -0.4 is 10.5 Å². The maximum Gasteiger partial charge on any atom is 0.123 e. The largest absolute Gasteiger partial charge is 0.488 e. The first-order valence-corrected chi connectivity index (χ1v) is 7.17. The summed E-state index contributed by atoms with van der Waals surface area (Å²) in [6.45, 7) is 4.24. The lowest BCUT2D eigenvalue weighted by Crippen LogP contribution is -2.39. The van der Waals surface area contributed by atoms with E-state index in [0.717, 1.165) is 24.3 Å². The number of ether oxygens (including phenoxy) is 1. The van der Waals surface area contributed by atoms with Crippen molar-refractivity contribution >= 4 is 0 Å². The van der Waals surface area contributed by atoms with E-state index in [-0.39, 0.29) is 12.1 Å². The van der Waals surface area contributed by atoms with Crippen LogP contribution >= 0.6 is 0 Å². The summed E-state index contributed by atoms with van der Waals surface area (Å²) in [4.78, 5) is 0. The average Bonchev–Trinajstić information content (AvgIpc) is 3.04. The molecule has 4 nitrogen and oxygen atoms in total. The van der Waals surface area contributed by atoms with E-state index < -0.39 is 0 Å². The van der Waals surface area contributed by atoms with Crippen LogP contribution in [0.1, 0.15) is 31.1 Å². The Bertz CT molecular complexity index is 566. The molecule has 1 aromatic carbocycles. The summed E-state index contributed by atoms with van der Waals surface area (Å²) in [6.07, 6.45) is 3.70. The van der Waals surface area contributed by atoms with Crippen molar-refractivity contribution in [2.24, 2.45) is 5.73 Å². The Morgan fingerprint density at radius 3 is 2.85 bits per heavy atom. The molecule has 0 aliphatic carbocycles. The Morgan fingerprint density at radius 1 is 1.35 bits per heavy atom. The molecule has 2 heterocycles. The summed E-state index contributed by atoms with van der Waals surface area (Å²) in [5, 5.41) is 4.55. The summed E-state index contributed by atoms with van der Waals surface area (Å²) in [6, 6.07) is 10.6. The number of fused-ring (bicyclic) bond motifs is 1. The first-order valence-electron chi connectivity index (χ1n) is 7.17. The average molecular weight is 271 g/mol. The van der Waals surface area contributed by atoms with Gasteiger partial charge < -0.3 is 10.5 Å². The van der Waals surface area contributed by atoms with Crippen molar-refractivity contribution in [1.82, 2.24) is 9.78 Å². The molecular formula is C16H21N3O. The van der Waals surface area contributed by atoms with E-state index >= 15 is 0 Å². The molecule has 106 valence electrons. The maximum atomic E-state index is 6.30. The number of nitrogens with zero attached hydrogens (tertiary/aromatic N) is 2. The van der Waals surface area contributed by atoms with Crippen molar-refractivity contribution in [1.29, 1.82) is 0 Å². The van der Waals surface area contributed by atoms with Crippen molar-refractivity contribution in [2.75, 3.05) is 0 Å². The van der Waals surface area contributed by atoms with E-state index in [9.17, 15) is 0 Å². The van der Waals surface area contributed by atoms with Gasteiger partial charge >= 0.3 is 0 Å². The molecule has 2 unspecified atom stereocenters. The van der Waals surface area contributed by atoms with Gasteiger partial charge in [-0.25, -0.2) is 0 Å². The van der Waals surface area contributed by atoms with Gasteiger partial charge in [-0.15, -0.1) is 0 Å². The Balaban J connectivity index is 1.64. The number of nitrogens with two attached hydrogens (primary N) is 1. The van der Waals surface area contributed by atoms with Crippen LogP contribution in [0.2, 0.25) is 0 Å². The molecule has 0 amide bonds. The zero-order valence-corrected chi connectivity index (χ0v) is 12.0. The molecule has 3 rings (SSSR count). The summed E-state index contributed by atoms with van der Waals surface area (Å²) >= 11 is 0. The molecule has 0 radical (unpaired) electrons. The van der Waals surface area contributed by atoms with Crippen molar-refractivity contribution in [3.05, 3.63) is 47.8 Å². The van der Waals surface area contributed by atoms with Gasteiger partial charge in [0.15, 0.2) is 0 Å². The zero-order valence-electron chi connectivity index (χ0n) is 12.0. The lowest BCUT2D eigenvalue weighted by molar-refractivity contribution is 0.197. The fraction of sp³-hybridized carbons (Fsp3) is 0.438. The number of hydrogen-bond acceptors (Lipinski definition) is 3. The van der Waals surface area contributed by atoms with Gasteiger partial charge in [-0.3, -0.25) is 4.68 Å². The lowest BCUT2D eigenvalue weighted by atomic mass is 10.0. The smallest absolute Gasteiger partial charge is 0.123 e. The third-order valence-corrected chi connectivity index (χ3v) is 3.79. The molecule has 2 N–H and O–H groups in total. The van der Waals surface area contributed by atoms with Crippen LogP contribution in [-0.4, -0.2) is 21.9 Å². The Hall–Kier alpha value is -1.81. The topological polar surface area (TPSA) is 53.1 Å². The van der Waals surface area contributed by atoms with Crippen LogP contribution in [0.4, 0.5) is 0 Å². The molecule has 2 atom stereocenters. The number of benzene rings is 1. The molecule has 1 aliphatic rings. The highest BCUT2D eigenvalue weighted by molar-refractivity contribution is 5.37. The minimum absolute atomic E-state index is 0.0297. The van der Waals surface area contributed by atoms with E-state index in [1.54, 1.807) is 0 Å². The van der Waals surface area contributed by atoms with Gasteiger partial charge in [0.25, 0.3) is 0 Å². The predicted molar refractivity (Wildman–Crippen MR) is 78.9 cm³/mol. The van der Waals surface area contributed by atoms with Crippen molar-refractivity contribution in [3.8, 4) is 5.75 Å². The van der Waals surface area contributed by atoms with Gasteiger partial charge in [0.2, 0.25) is 0 Å². The second-order valence-corrected chi connectivity index (χ2v) is 5.72. The zero-order chi connectivity index (χ0) is 14.1. The Kier molecular flexibility index (Phi) is 3.49. The van der Waals surface area contributed by atoms with Gasteiger partial charge in [0.1, 0.15) is 11.9 Å². The van der Waals surface area contributed by atoms with Crippen LogP contribution in [-0.2, 0) is 12.8 Å². The first kappa shape index (κ1) is 13.2. The number of rotatable bonds is 4. The summed E-state index contributed by atoms with van der Waals surface area (Å²) in [5.74, 6) is 0.973.